The van der Waals surface area contributed by atoms with Crippen LogP contribution in [0.4, 0.5) is 0 Å². The quantitative estimate of drug-likeness (QED) is 0.413. The molecule has 1 aromatic rings. The molecule has 0 fully saturated rings. The number of carbonyl (C=O) groups is 1. The molecule has 2 radical (unpaired) electrons. The zero-order valence-electron chi connectivity index (χ0n) is 6.50. The Kier molecular flexibility index (Phi) is 2.37. The second kappa shape index (κ2) is 3.52. The molecule has 1 aliphatic rings. The number of benzene rings is 1. The van der Waals surface area contributed by atoms with Crippen molar-refractivity contribution in [1.82, 2.24) is 0 Å². The Balaban J connectivity index is 2.51. The van der Waals surface area contributed by atoms with Crippen molar-refractivity contribution in [3.05, 3.63) is 33.4 Å². The van der Waals surface area contributed by atoms with Gasteiger partial charge in [0.1, 0.15) is 0 Å². The third kappa shape index (κ3) is 1.49. The summed E-state index contributed by atoms with van der Waals surface area (Å²) in [4.78, 5) is 11.3. The van der Waals surface area contributed by atoms with E-state index in [0.717, 1.165) is 3.57 Å². The van der Waals surface area contributed by atoms with Crippen molar-refractivity contribution < 1.29 is 7.86 Å². The molecule has 1 aliphatic heterocycles. The van der Waals surface area contributed by atoms with Gasteiger partial charge in [0.25, 0.3) is 0 Å². The molecule has 62 valence electrons. The summed E-state index contributed by atoms with van der Waals surface area (Å²) in [5.41, 5.74) is 3.30. The van der Waals surface area contributed by atoms with Gasteiger partial charge in [0, 0.05) is 0 Å². The van der Waals surface area contributed by atoms with Gasteiger partial charge < -0.3 is 0 Å². The van der Waals surface area contributed by atoms with Crippen LogP contribution < -0.4 is 0 Å². The predicted molar refractivity (Wildman–Crippen MR) is 58.1 cm³/mol. The second-order valence-electron chi connectivity index (χ2n) is 2.31. The Morgan fingerprint density at radius 3 is 2.92 bits per heavy atom. The molecule has 0 atom stereocenters. The fraction of sp³-hybridized carbons (Fsp3) is 0. The minimum atomic E-state index is -1.97. The fourth-order valence-corrected chi connectivity index (χ4v) is 4.60. The van der Waals surface area contributed by atoms with Gasteiger partial charge in [-0.1, -0.05) is 0 Å². The Labute approximate surface area is 87.0 Å². The molecule has 0 N–H and O–H groups in total. The SMILES string of the molecule is O=C1OI(C#C[Si+])c2ccccc21. The monoisotopic (exact) mass is 299 g/mol. The van der Waals surface area contributed by atoms with Gasteiger partial charge >= 0.3 is 87.2 Å². The zero-order chi connectivity index (χ0) is 9.26. The molecule has 1 heterocycles. The summed E-state index contributed by atoms with van der Waals surface area (Å²) >= 11 is -1.97. The summed E-state index contributed by atoms with van der Waals surface area (Å²) in [5.74, 6) is -0.227. The predicted octanol–water partition coefficient (Wildman–Crippen LogP) is 1.53. The maximum atomic E-state index is 11.3. The van der Waals surface area contributed by atoms with E-state index in [9.17, 15) is 4.79 Å². The number of hydrogen-bond acceptors (Lipinski definition) is 2. The van der Waals surface area contributed by atoms with Gasteiger partial charge in [0.15, 0.2) is 0 Å². The van der Waals surface area contributed by atoms with Crippen molar-refractivity contribution in [1.29, 1.82) is 0 Å². The first-order valence-corrected chi connectivity index (χ1v) is 7.06. The van der Waals surface area contributed by atoms with Gasteiger partial charge in [-0.3, -0.25) is 0 Å². The Morgan fingerprint density at radius 2 is 2.15 bits per heavy atom. The van der Waals surface area contributed by atoms with Gasteiger partial charge in [-0.25, -0.2) is 0 Å². The molecular formula is C9H4IO2Si+. The van der Waals surface area contributed by atoms with E-state index in [-0.39, 0.29) is 5.97 Å². The van der Waals surface area contributed by atoms with Gasteiger partial charge in [-0.05, 0) is 0 Å². The van der Waals surface area contributed by atoms with Crippen LogP contribution in [0.15, 0.2) is 24.3 Å². The second-order valence-corrected chi connectivity index (χ2v) is 6.12. The third-order valence-corrected chi connectivity index (χ3v) is 5.79. The standard InChI is InChI=1S/C9H4IO2Si/c11-9-7-3-1-2-4-8(7)10(12-9)5-6-13/h1-4H/q+1. The summed E-state index contributed by atoms with van der Waals surface area (Å²) in [6.45, 7) is 0. The summed E-state index contributed by atoms with van der Waals surface area (Å²) < 4.78 is 9.10. The Hall–Kier alpha value is -0.803. The molecule has 0 aliphatic carbocycles. The third-order valence-electron chi connectivity index (χ3n) is 1.56. The molecule has 0 amide bonds. The van der Waals surface area contributed by atoms with E-state index in [1.54, 1.807) is 6.07 Å². The number of carbonyl (C=O) groups excluding carboxylic acids is 1. The molecule has 2 nitrogen and oxygen atoms in total. The van der Waals surface area contributed by atoms with Crippen LogP contribution in [0.3, 0.4) is 0 Å². The van der Waals surface area contributed by atoms with Crippen molar-refractivity contribution in [2.45, 2.75) is 0 Å². The van der Waals surface area contributed by atoms with Crippen LogP contribution in [0.2, 0.25) is 0 Å². The summed E-state index contributed by atoms with van der Waals surface area (Å²) in [7, 11) is 3.06. The average molecular weight is 299 g/mol. The van der Waals surface area contributed by atoms with E-state index >= 15 is 0 Å². The first-order chi connectivity index (χ1) is 6.33. The van der Waals surface area contributed by atoms with Crippen LogP contribution >= 0.6 is 20.2 Å². The van der Waals surface area contributed by atoms with Crippen LogP contribution in [0.1, 0.15) is 10.4 Å². The molecule has 0 saturated carbocycles. The van der Waals surface area contributed by atoms with Crippen LogP contribution in [0.5, 0.6) is 0 Å². The van der Waals surface area contributed by atoms with Crippen LogP contribution in [0, 0.1) is 13.0 Å². The molecular weight excluding hydrogens is 295 g/mol. The van der Waals surface area contributed by atoms with Crippen molar-refractivity contribution >= 4 is 36.4 Å². The first kappa shape index (κ1) is 8.78. The zero-order valence-corrected chi connectivity index (χ0v) is 9.66. The van der Waals surface area contributed by atoms with E-state index in [0.29, 0.717) is 5.56 Å². The average Bonchev–Trinajstić information content (AvgIpc) is 2.46. The summed E-state index contributed by atoms with van der Waals surface area (Å²) in [6, 6.07) is 7.44. The fourth-order valence-electron chi connectivity index (χ4n) is 1.04. The van der Waals surface area contributed by atoms with E-state index in [1.165, 1.54) is 0 Å². The molecule has 0 bridgehead atoms. The molecule has 13 heavy (non-hydrogen) atoms. The van der Waals surface area contributed by atoms with Crippen LogP contribution in [-0.2, 0) is 3.07 Å². The van der Waals surface area contributed by atoms with Crippen molar-refractivity contribution in [3.8, 4) is 9.47 Å². The molecule has 2 rings (SSSR count). The van der Waals surface area contributed by atoms with Crippen LogP contribution in [0.25, 0.3) is 0 Å². The molecule has 1 aromatic carbocycles. The van der Waals surface area contributed by atoms with Gasteiger partial charge in [-0.15, -0.1) is 0 Å². The van der Waals surface area contributed by atoms with Crippen molar-refractivity contribution in [2.24, 2.45) is 0 Å². The topological polar surface area (TPSA) is 26.3 Å². The molecule has 0 saturated heterocycles. The number of rotatable bonds is 0. The molecule has 0 spiro atoms. The summed E-state index contributed by atoms with van der Waals surface area (Å²) in [5, 5.41) is 0. The maximum absolute atomic E-state index is 11.3. The number of halogens is 1. The Bertz CT molecular complexity index is 419. The van der Waals surface area contributed by atoms with E-state index in [2.05, 4.69) is 19.7 Å². The normalized spacial score (nSPS) is 15.7. The van der Waals surface area contributed by atoms with E-state index in [4.69, 9.17) is 3.07 Å². The molecule has 0 unspecified atom stereocenters. The van der Waals surface area contributed by atoms with Gasteiger partial charge in [-0.2, -0.15) is 0 Å². The molecule has 4 heteroatoms. The van der Waals surface area contributed by atoms with Gasteiger partial charge in [0.05, 0.1) is 0 Å². The van der Waals surface area contributed by atoms with Crippen LogP contribution in [-0.4, -0.2) is 16.2 Å². The van der Waals surface area contributed by atoms with E-state index < -0.39 is 20.2 Å². The van der Waals surface area contributed by atoms with Crippen molar-refractivity contribution in [2.75, 3.05) is 0 Å². The summed E-state index contributed by atoms with van der Waals surface area (Å²) in [6.07, 6.45) is 0. The Morgan fingerprint density at radius 1 is 1.38 bits per heavy atom. The van der Waals surface area contributed by atoms with Crippen molar-refractivity contribution in [3.63, 3.8) is 0 Å². The number of hydrogen-bond donors (Lipinski definition) is 0. The molecule has 0 aromatic heterocycles. The minimum absolute atomic E-state index is 0.227. The van der Waals surface area contributed by atoms with E-state index in [1.807, 2.05) is 18.2 Å². The van der Waals surface area contributed by atoms with Gasteiger partial charge in [0.2, 0.25) is 0 Å². The first-order valence-electron chi connectivity index (χ1n) is 3.52. The number of fused-ring (bicyclic) bond motifs is 1.